The van der Waals surface area contributed by atoms with Crippen molar-refractivity contribution in [2.24, 2.45) is 0 Å². The molecule has 1 aromatic carbocycles. The molecule has 6 aromatic rings. The van der Waals surface area contributed by atoms with E-state index in [-0.39, 0.29) is 0 Å². The van der Waals surface area contributed by atoms with Gasteiger partial charge in [0.25, 0.3) is 0 Å². The Morgan fingerprint density at radius 3 is 2.52 bits per heavy atom. The number of aromatic amines is 2. The quantitative estimate of drug-likeness (QED) is 0.332. The second kappa shape index (κ2) is 7.56. The van der Waals surface area contributed by atoms with Gasteiger partial charge in [-0.3, -0.25) is 15.1 Å². The molecular formula is C26H22N6S. The molecule has 0 aliphatic carbocycles. The first-order chi connectivity index (χ1) is 16.1. The van der Waals surface area contributed by atoms with Gasteiger partial charge in [-0.05, 0) is 48.9 Å². The Bertz CT molecular complexity index is 1620. The molecular weight excluding hydrogens is 428 g/mol. The summed E-state index contributed by atoms with van der Waals surface area (Å²) in [6.45, 7) is 2.13. The molecule has 0 bridgehead atoms. The van der Waals surface area contributed by atoms with Crippen LogP contribution in [0.15, 0.2) is 67.3 Å². The predicted molar refractivity (Wildman–Crippen MR) is 137 cm³/mol. The van der Waals surface area contributed by atoms with Crippen molar-refractivity contribution in [3.05, 3.63) is 72.1 Å². The molecule has 0 atom stereocenters. The minimum Gasteiger partial charge on any atom is -0.376 e. The maximum atomic E-state index is 4.65. The maximum absolute atomic E-state index is 4.65. The van der Waals surface area contributed by atoms with E-state index in [0.717, 1.165) is 55.6 Å². The van der Waals surface area contributed by atoms with Gasteiger partial charge < -0.3 is 9.88 Å². The zero-order valence-electron chi connectivity index (χ0n) is 18.5. The predicted octanol–water partition coefficient (Wildman–Crippen LogP) is 6.27. The van der Waals surface area contributed by atoms with Crippen LogP contribution < -0.4 is 4.90 Å². The highest BCUT2D eigenvalue weighted by atomic mass is 32.1. The maximum Gasteiger partial charge on any atom is 0.116 e. The molecule has 0 spiro atoms. The van der Waals surface area contributed by atoms with Crippen LogP contribution in [0.3, 0.4) is 0 Å². The van der Waals surface area contributed by atoms with Gasteiger partial charge in [0.05, 0.1) is 34.8 Å². The molecule has 0 amide bonds. The third-order valence-electron chi connectivity index (χ3n) is 5.94. The topological polar surface area (TPSA) is 73.5 Å². The summed E-state index contributed by atoms with van der Waals surface area (Å²) in [5.41, 5.74) is 8.25. The SMILES string of the molecule is Cc1ccc(-c2cncc3[nH]c(-c4n[nH]c5ccc(-c6cncc(N(C)C)c6)cc45)cc23)s1. The molecule has 162 valence electrons. The van der Waals surface area contributed by atoms with Gasteiger partial charge in [-0.15, -0.1) is 11.3 Å². The number of benzene rings is 1. The average molecular weight is 451 g/mol. The lowest BCUT2D eigenvalue weighted by Crippen LogP contribution is -2.08. The van der Waals surface area contributed by atoms with Gasteiger partial charge >= 0.3 is 0 Å². The van der Waals surface area contributed by atoms with Crippen molar-refractivity contribution in [1.29, 1.82) is 0 Å². The Kier molecular flexibility index (Phi) is 4.52. The number of rotatable bonds is 4. The van der Waals surface area contributed by atoms with Crippen molar-refractivity contribution in [3.63, 3.8) is 0 Å². The molecule has 0 unspecified atom stereocenters. The monoisotopic (exact) mass is 450 g/mol. The van der Waals surface area contributed by atoms with E-state index < -0.39 is 0 Å². The minimum atomic E-state index is 0.896. The summed E-state index contributed by atoms with van der Waals surface area (Å²) < 4.78 is 0. The summed E-state index contributed by atoms with van der Waals surface area (Å²) in [6.07, 6.45) is 7.59. The molecule has 0 fully saturated rings. The van der Waals surface area contributed by atoms with E-state index in [2.05, 4.69) is 79.4 Å². The summed E-state index contributed by atoms with van der Waals surface area (Å²) >= 11 is 1.78. The molecule has 33 heavy (non-hydrogen) atoms. The first kappa shape index (κ1) is 19.7. The number of H-pyrrole nitrogens is 2. The molecule has 6 nitrogen and oxygen atoms in total. The van der Waals surface area contributed by atoms with Crippen molar-refractivity contribution in [3.8, 4) is 33.0 Å². The van der Waals surface area contributed by atoms with E-state index in [0.29, 0.717) is 0 Å². The van der Waals surface area contributed by atoms with Crippen LogP contribution in [-0.4, -0.2) is 39.2 Å². The fourth-order valence-corrected chi connectivity index (χ4v) is 5.08. The lowest BCUT2D eigenvalue weighted by molar-refractivity contribution is 1.11. The lowest BCUT2D eigenvalue weighted by Gasteiger charge is -2.13. The number of hydrogen-bond donors (Lipinski definition) is 2. The van der Waals surface area contributed by atoms with Gasteiger partial charge in [0.15, 0.2) is 0 Å². The van der Waals surface area contributed by atoms with E-state index in [9.17, 15) is 0 Å². The third-order valence-corrected chi connectivity index (χ3v) is 6.98. The smallest absolute Gasteiger partial charge is 0.116 e. The van der Waals surface area contributed by atoms with E-state index in [1.165, 1.54) is 9.75 Å². The van der Waals surface area contributed by atoms with Gasteiger partial charge in [0.1, 0.15) is 5.69 Å². The number of nitrogens with zero attached hydrogens (tertiary/aromatic N) is 4. The van der Waals surface area contributed by atoms with Crippen molar-refractivity contribution >= 4 is 38.8 Å². The number of aromatic nitrogens is 5. The van der Waals surface area contributed by atoms with Crippen LogP contribution in [0.4, 0.5) is 5.69 Å². The lowest BCUT2D eigenvalue weighted by atomic mass is 10.0. The zero-order valence-corrected chi connectivity index (χ0v) is 19.4. The highest BCUT2D eigenvalue weighted by Crippen LogP contribution is 2.37. The Morgan fingerprint density at radius 2 is 1.70 bits per heavy atom. The number of hydrogen-bond acceptors (Lipinski definition) is 5. The first-order valence-corrected chi connectivity index (χ1v) is 11.5. The summed E-state index contributed by atoms with van der Waals surface area (Å²) in [5.74, 6) is 0. The minimum absolute atomic E-state index is 0.896. The number of anilines is 1. The average Bonchev–Trinajstić information content (AvgIpc) is 3.55. The first-order valence-electron chi connectivity index (χ1n) is 10.7. The van der Waals surface area contributed by atoms with Crippen LogP contribution >= 0.6 is 11.3 Å². The Balaban J connectivity index is 1.48. The largest absolute Gasteiger partial charge is 0.376 e. The number of nitrogens with one attached hydrogen (secondary N) is 2. The Labute approximate surface area is 195 Å². The molecule has 7 heteroatoms. The van der Waals surface area contributed by atoms with Crippen LogP contribution in [0.5, 0.6) is 0 Å². The number of thiophene rings is 1. The van der Waals surface area contributed by atoms with E-state index in [1.807, 2.05) is 38.9 Å². The van der Waals surface area contributed by atoms with Gasteiger partial charge in [-0.1, -0.05) is 6.07 Å². The molecule has 6 rings (SSSR count). The van der Waals surface area contributed by atoms with E-state index in [4.69, 9.17) is 0 Å². The van der Waals surface area contributed by atoms with Gasteiger partial charge in [-0.2, -0.15) is 5.10 Å². The van der Waals surface area contributed by atoms with Gasteiger partial charge in [-0.25, -0.2) is 0 Å². The van der Waals surface area contributed by atoms with Gasteiger partial charge in [0, 0.05) is 58.1 Å². The van der Waals surface area contributed by atoms with Crippen LogP contribution in [0.2, 0.25) is 0 Å². The summed E-state index contributed by atoms with van der Waals surface area (Å²) in [7, 11) is 4.05. The molecule has 0 aliphatic heterocycles. The summed E-state index contributed by atoms with van der Waals surface area (Å²) in [5, 5.41) is 10.0. The molecule has 0 radical (unpaired) electrons. The second-order valence-electron chi connectivity index (χ2n) is 8.40. The molecule has 0 saturated carbocycles. The molecule has 5 heterocycles. The fraction of sp³-hybridized carbons (Fsp3) is 0.115. The zero-order chi connectivity index (χ0) is 22.5. The normalized spacial score (nSPS) is 11.5. The summed E-state index contributed by atoms with van der Waals surface area (Å²) in [6, 6.07) is 15.0. The second-order valence-corrected chi connectivity index (χ2v) is 9.69. The molecule has 2 N–H and O–H groups in total. The van der Waals surface area contributed by atoms with E-state index in [1.54, 1.807) is 11.3 Å². The van der Waals surface area contributed by atoms with Crippen molar-refractivity contribution in [2.45, 2.75) is 6.92 Å². The number of pyridine rings is 2. The van der Waals surface area contributed by atoms with Crippen LogP contribution in [-0.2, 0) is 0 Å². The highest BCUT2D eigenvalue weighted by Gasteiger charge is 2.15. The van der Waals surface area contributed by atoms with Crippen LogP contribution in [0.25, 0.3) is 54.8 Å². The highest BCUT2D eigenvalue weighted by molar-refractivity contribution is 7.15. The van der Waals surface area contributed by atoms with Crippen LogP contribution in [0, 0.1) is 6.92 Å². The number of aryl methyl sites for hydroxylation is 1. The molecule has 5 aromatic heterocycles. The van der Waals surface area contributed by atoms with Crippen LogP contribution in [0.1, 0.15) is 4.88 Å². The van der Waals surface area contributed by atoms with Crippen molar-refractivity contribution in [2.75, 3.05) is 19.0 Å². The fourth-order valence-electron chi connectivity index (χ4n) is 4.18. The summed E-state index contributed by atoms with van der Waals surface area (Å²) in [4.78, 5) is 17.0. The van der Waals surface area contributed by atoms with Crippen molar-refractivity contribution < 1.29 is 0 Å². The Hall–Kier alpha value is -3.97. The van der Waals surface area contributed by atoms with E-state index >= 15 is 0 Å². The molecule has 0 saturated heterocycles. The van der Waals surface area contributed by atoms with Gasteiger partial charge in [0.2, 0.25) is 0 Å². The standard InChI is InChI=1S/C26H22N6S/c1-15-4-7-25(33-15)21-13-28-14-24-19(21)10-23(29-24)26-20-9-16(5-6-22(20)30-31-26)17-8-18(32(2)3)12-27-11-17/h4-14,29H,1-3H3,(H,30,31). The third kappa shape index (κ3) is 3.37. The van der Waals surface area contributed by atoms with Crippen molar-refractivity contribution in [1.82, 2.24) is 25.1 Å². The Morgan fingerprint density at radius 1 is 0.818 bits per heavy atom. The number of fused-ring (bicyclic) bond motifs is 2. The molecule has 0 aliphatic rings.